The Hall–Kier alpha value is -6.29. The molecule has 0 aliphatic heterocycles. The molecule has 1 N–H and O–H groups in total. The average Bonchev–Trinajstić information content (AvgIpc) is 3.87. The molecule has 0 saturated heterocycles. The molecule has 6 heteroatoms. The fraction of sp³-hybridized carbons (Fsp3) is 0.258. The molecule has 0 fully saturated rings. The quantitative estimate of drug-likeness (QED) is 0.174. The Morgan fingerprint density at radius 1 is 0.544 bits per heavy atom. The van der Waals surface area contributed by atoms with Crippen LogP contribution in [-0.4, -0.2) is 19.6 Å². The van der Waals surface area contributed by atoms with E-state index in [0.29, 0.717) is 11.4 Å². The van der Waals surface area contributed by atoms with Gasteiger partial charge in [0.2, 0.25) is 0 Å². The van der Waals surface area contributed by atoms with Crippen LogP contribution in [0.3, 0.4) is 0 Å². The minimum Gasteiger partial charge on any atom is -0.507 e. The Bertz CT molecular complexity index is 3570. The van der Waals surface area contributed by atoms with Gasteiger partial charge in [0.15, 0.2) is 0 Å². The first kappa shape index (κ1) is 46.8. The third kappa shape index (κ3) is 8.17. The van der Waals surface area contributed by atoms with Crippen molar-refractivity contribution in [1.29, 1.82) is 0 Å². The van der Waals surface area contributed by atoms with Crippen molar-refractivity contribution in [1.82, 2.24) is 14.5 Å². The number of furan rings is 1. The number of hydrogen-bond acceptors (Lipinski definition) is 4. The van der Waals surface area contributed by atoms with Gasteiger partial charge in [-0.25, -0.2) is 4.98 Å². The normalized spacial score (nSPS) is 12.6. The summed E-state index contributed by atoms with van der Waals surface area (Å²) in [6, 6.07) is 51.3. The van der Waals surface area contributed by atoms with Crippen LogP contribution in [0.15, 0.2) is 144 Å². The number of benzene rings is 7. The fourth-order valence-electron chi connectivity index (χ4n) is 9.56. The van der Waals surface area contributed by atoms with Crippen LogP contribution in [0.25, 0.3) is 94.3 Å². The summed E-state index contributed by atoms with van der Waals surface area (Å²) < 4.78 is 8.82. The first-order valence-corrected chi connectivity index (χ1v) is 23.5. The van der Waals surface area contributed by atoms with Gasteiger partial charge in [0.1, 0.15) is 22.7 Å². The third-order valence-corrected chi connectivity index (χ3v) is 13.5. The minimum atomic E-state index is -0.339. The van der Waals surface area contributed by atoms with Crippen LogP contribution in [-0.2, 0) is 42.7 Å². The van der Waals surface area contributed by atoms with Crippen molar-refractivity contribution >= 4 is 43.7 Å². The number of imidazole rings is 1. The zero-order valence-corrected chi connectivity index (χ0v) is 43.6. The molecule has 10 rings (SSSR count). The summed E-state index contributed by atoms with van der Waals surface area (Å²) in [6.07, 6.45) is 1.84. The Morgan fingerprint density at radius 3 is 1.90 bits per heavy atom. The summed E-state index contributed by atoms with van der Waals surface area (Å²) in [4.78, 5) is 10.8. The molecule has 0 aliphatic carbocycles. The van der Waals surface area contributed by atoms with Crippen molar-refractivity contribution in [2.75, 3.05) is 0 Å². The Morgan fingerprint density at radius 2 is 1.19 bits per heavy atom. The second kappa shape index (κ2) is 16.7. The predicted molar refractivity (Wildman–Crippen MR) is 281 cm³/mol. The van der Waals surface area contributed by atoms with Crippen LogP contribution in [0, 0.1) is 6.07 Å². The van der Waals surface area contributed by atoms with Gasteiger partial charge in [-0.2, -0.15) is 0 Å². The monoisotopic (exact) mass is 1070 g/mol. The maximum atomic E-state index is 12.6. The van der Waals surface area contributed by atoms with Crippen molar-refractivity contribution in [2.45, 2.75) is 105 Å². The van der Waals surface area contributed by atoms with E-state index < -0.39 is 0 Å². The van der Waals surface area contributed by atoms with Crippen molar-refractivity contribution < 1.29 is 30.6 Å². The van der Waals surface area contributed by atoms with Gasteiger partial charge in [0.05, 0.1) is 22.3 Å². The maximum Gasteiger partial charge on any atom is 0.148 e. The number of aromatic nitrogens is 3. The summed E-state index contributed by atoms with van der Waals surface area (Å²) in [5, 5.41) is 16.9. The van der Waals surface area contributed by atoms with Gasteiger partial charge in [-0.3, -0.25) is 9.55 Å². The third-order valence-electron chi connectivity index (χ3n) is 13.5. The van der Waals surface area contributed by atoms with E-state index in [1.54, 1.807) is 0 Å². The number of rotatable bonds is 5. The molecular formula is C62H60N3O2Pt-. The number of nitrogens with zero attached hydrogens (tertiary/aromatic N) is 3. The summed E-state index contributed by atoms with van der Waals surface area (Å²) >= 11 is 0. The number of aromatic hydroxyl groups is 1. The van der Waals surface area contributed by atoms with Crippen molar-refractivity contribution in [3.63, 3.8) is 0 Å². The smallest absolute Gasteiger partial charge is 0.148 e. The molecule has 3 heterocycles. The first-order chi connectivity index (χ1) is 31.7. The van der Waals surface area contributed by atoms with Crippen molar-refractivity contribution in [3.8, 4) is 56.3 Å². The molecule has 0 atom stereocenters. The number of para-hydroxylation sites is 1. The molecule has 0 unspecified atom stereocenters. The van der Waals surface area contributed by atoms with Gasteiger partial charge in [-0.1, -0.05) is 179 Å². The zero-order chi connectivity index (χ0) is 47.4. The molecule has 0 amide bonds. The van der Waals surface area contributed by atoms with Gasteiger partial charge >= 0.3 is 0 Å². The largest absolute Gasteiger partial charge is 0.507 e. The molecule has 7 aromatic carbocycles. The van der Waals surface area contributed by atoms with Gasteiger partial charge in [0.25, 0.3) is 0 Å². The van der Waals surface area contributed by atoms with E-state index in [1.807, 2.05) is 12.3 Å². The minimum absolute atomic E-state index is 0. The average molecular weight is 1070 g/mol. The molecule has 0 radical (unpaired) electrons. The predicted octanol–water partition coefficient (Wildman–Crippen LogP) is 16.8. The van der Waals surface area contributed by atoms with Gasteiger partial charge in [0, 0.05) is 54.9 Å². The van der Waals surface area contributed by atoms with Gasteiger partial charge < -0.3 is 9.52 Å². The Labute approximate surface area is 415 Å². The van der Waals surface area contributed by atoms with Crippen LogP contribution >= 0.6 is 0 Å². The molecule has 0 aliphatic rings. The molecule has 68 heavy (non-hydrogen) atoms. The summed E-state index contributed by atoms with van der Waals surface area (Å²) in [5.41, 5.74) is 14.4. The van der Waals surface area contributed by atoms with Gasteiger partial charge in [-0.15, -0.1) is 29.3 Å². The van der Waals surface area contributed by atoms with E-state index in [2.05, 4.69) is 221 Å². The van der Waals surface area contributed by atoms with Crippen LogP contribution in [0.1, 0.15) is 105 Å². The molecule has 5 nitrogen and oxygen atoms in total. The summed E-state index contributed by atoms with van der Waals surface area (Å²) in [7, 11) is 0. The van der Waals surface area contributed by atoms with E-state index in [4.69, 9.17) is 14.4 Å². The molecule has 10 aromatic rings. The Balaban J connectivity index is 0.00000578. The number of phenols is 1. The Kier molecular flexibility index (Phi) is 11.5. The van der Waals surface area contributed by atoms with E-state index >= 15 is 0 Å². The molecule has 0 saturated carbocycles. The maximum absolute atomic E-state index is 12.6. The second-order valence-corrected chi connectivity index (χ2v) is 22.5. The number of fused-ring (bicyclic) bond motifs is 6. The second-order valence-electron chi connectivity index (χ2n) is 22.5. The molecular weight excluding hydrogens is 1010 g/mol. The van der Waals surface area contributed by atoms with Crippen LogP contribution in [0.4, 0.5) is 0 Å². The number of pyridine rings is 1. The van der Waals surface area contributed by atoms with Gasteiger partial charge in [-0.05, 0) is 85.5 Å². The topological polar surface area (TPSA) is 64.1 Å². The molecule has 3 aromatic heterocycles. The molecule has 346 valence electrons. The summed E-state index contributed by atoms with van der Waals surface area (Å²) in [5.74, 6) is 0.918. The summed E-state index contributed by atoms with van der Waals surface area (Å²) in [6.45, 7) is 26.7. The SMILES string of the molecule is CC(C)(C)c1cc(-c2cccc3c2nc(-c2cc(C(C)(C)C)cc(C(C)(C)C)c2O)n3-c2ccc(C(C)(C)C)cc2-c2ccccc2)[c-]c(-c2nccc3oc4ccc5ccccc5c4c23)c1.[Pt]. The fourth-order valence-corrected chi connectivity index (χ4v) is 9.56. The number of phenolic OH excluding ortho intramolecular Hbond substituents is 1. The standard InChI is InChI=1S/C62H60N3O2.Pt/c1-59(2,3)41-26-27-49(46(34-41)37-19-14-13-15-20-37)65-50-24-18-23-45(56(50)64-58(65)47-35-43(61(7,8)9)36-48(57(47)66)62(10,11)12)39-31-40(33-42(32-39)60(4,5)6)55-54-52(29-30-63-55)67-51-28-25-38-21-16-17-22-44(38)53(51)54;/h13-30,32-36,66H,1-12H3;/q-1;. The zero-order valence-electron chi connectivity index (χ0n) is 41.3. The first-order valence-electron chi connectivity index (χ1n) is 23.5. The van der Waals surface area contributed by atoms with E-state index in [1.165, 1.54) is 5.56 Å². The van der Waals surface area contributed by atoms with Crippen LogP contribution < -0.4 is 0 Å². The van der Waals surface area contributed by atoms with E-state index in [0.717, 1.165) is 99.6 Å². The molecule has 0 bridgehead atoms. The molecule has 0 spiro atoms. The van der Waals surface area contributed by atoms with Crippen LogP contribution in [0.5, 0.6) is 5.75 Å². The van der Waals surface area contributed by atoms with E-state index in [9.17, 15) is 5.11 Å². The van der Waals surface area contributed by atoms with E-state index in [-0.39, 0.29) is 48.5 Å². The van der Waals surface area contributed by atoms with Crippen molar-refractivity contribution in [2.24, 2.45) is 0 Å². The number of hydrogen-bond donors (Lipinski definition) is 1. The van der Waals surface area contributed by atoms with Crippen molar-refractivity contribution in [3.05, 3.63) is 168 Å². The van der Waals surface area contributed by atoms with Crippen LogP contribution in [0.2, 0.25) is 0 Å².